The number of nitriles is 1. The smallest absolute Gasteiger partial charge is 0.237 e. The van der Waals surface area contributed by atoms with E-state index in [0.717, 1.165) is 0 Å². The van der Waals surface area contributed by atoms with Crippen LogP contribution in [0.1, 0.15) is 12.1 Å². The summed E-state index contributed by atoms with van der Waals surface area (Å²) in [5, 5.41) is 7.95. The maximum Gasteiger partial charge on any atom is 0.237 e. The second kappa shape index (κ2) is 4.55. The molecule has 0 spiro atoms. The zero-order valence-corrected chi connectivity index (χ0v) is 10.6. The van der Waals surface area contributed by atoms with Crippen molar-refractivity contribution in [2.75, 3.05) is 11.4 Å². The Bertz CT molecular complexity index is 638. The van der Waals surface area contributed by atoms with E-state index in [0.29, 0.717) is 5.69 Å². The van der Waals surface area contributed by atoms with Crippen LogP contribution in [0.4, 0.5) is 5.69 Å². The number of amides is 1. The molecular weight excluding hydrogens is 278 g/mol. The van der Waals surface area contributed by atoms with Gasteiger partial charge in [-0.15, -0.1) is 0 Å². The van der Waals surface area contributed by atoms with Gasteiger partial charge in [0.05, 0.1) is 5.69 Å². The van der Waals surface area contributed by atoms with Crippen molar-refractivity contribution < 1.29 is 13.2 Å². The first-order chi connectivity index (χ1) is 8.43. The first-order valence-electron chi connectivity index (χ1n) is 5.02. The average Bonchev–Trinajstić information content (AvgIpc) is 2.71. The summed E-state index contributed by atoms with van der Waals surface area (Å²) < 4.78 is 22.4. The van der Waals surface area contributed by atoms with Gasteiger partial charge in [-0.3, -0.25) is 4.79 Å². The molecule has 2 rings (SSSR count). The number of hydrogen-bond donors (Lipinski definition) is 0. The lowest BCUT2D eigenvalue weighted by Gasteiger charge is -2.16. The van der Waals surface area contributed by atoms with Crippen LogP contribution in [0.5, 0.6) is 0 Å². The van der Waals surface area contributed by atoms with Crippen molar-refractivity contribution in [2.45, 2.75) is 11.7 Å². The highest BCUT2D eigenvalue weighted by atomic mass is 35.7. The summed E-state index contributed by atoms with van der Waals surface area (Å²) >= 11 is 0. The minimum Gasteiger partial charge on any atom is -0.308 e. The van der Waals surface area contributed by atoms with Crippen LogP contribution in [-0.4, -0.2) is 31.1 Å². The molecule has 8 heteroatoms. The number of aromatic nitrogens is 1. The summed E-state index contributed by atoms with van der Waals surface area (Å²) in [5.41, 5.74) is 0.395. The van der Waals surface area contributed by atoms with Gasteiger partial charge in [0.1, 0.15) is 11.3 Å². The minimum absolute atomic E-state index is 0.0506. The highest BCUT2D eigenvalue weighted by Crippen LogP contribution is 2.27. The van der Waals surface area contributed by atoms with Gasteiger partial charge in [0, 0.05) is 29.8 Å². The van der Waals surface area contributed by atoms with Gasteiger partial charge in [-0.05, 0) is 12.1 Å². The SMILES string of the molecule is N#Cc1ncccc1N1CC(S(=O)(=O)Cl)CC1=O. The van der Waals surface area contributed by atoms with Crippen molar-refractivity contribution in [3.8, 4) is 6.07 Å². The molecule has 2 heterocycles. The molecular formula is C10H8ClN3O3S. The molecule has 1 amide bonds. The van der Waals surface area contributed by atoms with Gasteiger partial charge in [-0.1, -0.05) is 0 Å². The van der Waals surface area contributed by atoms with Crippen LogP contribution in [-0.2, 0) is 13.8 Å². The Morgan fingerprint density at radius 3 is 2.83 bits per heavy atom. The molecule has 18 heavy (non-hydrogen) atoms. The number of carbonyl (C=O) groups excluding carboxylic acids is 1. The maximum atomic E-state index is 11.8. The Kier molecular flexibility index (Phi) is 3.24. The topological polar surface area (TPSA) is 91.1 Å². The van der Waals surface area contributed by atoms with Crippen molar-refractivity contribution in [2.24, 2.45) is 0 Å². The van der Waals surface area contributed by atoms with E-state index in [-0.39, 0.29) is 24.6 Å². The molecule has 0 radical (unpaired) electrons. The molecule has 1 aromatic rings. The number of carbonyl (C=O) groups is 1. The molecule has 0 saturated carbocycles. The van der Waals surface area contributed by atoms with Gasteiger partial charge in [0.2, 0.25) is 15.0 Å². The quantitative estimate of drug-likeness (QED) is 0.743. The average molecular weight is 286 g/mol. The number of halogens is 1. The van der Waals surface area contributed by atoms with E-state index in [4.69, 9.17) is 15.9 Å². The van der Waals surface area contributed by atoms with Crippen LogP contribution in [0.2, 0.25) is 0 Å². The van der Waals surface area contributed by atoms with E-state index < -0.39 is 14.3 Å². The molecule has 1 saturated heterocycles. The Morgan fingerprint density at radius 1 is 1.56 bits per heavy atom. The molecule has 1 fully saturated rings. The van der Waals surface area contributed by atoms with Crippen LogP contribution in [0, 0.1) is 11.3 Å². The van der Waals surface area contributed by atoms with Crippen molar-refractivity contribution >= 4 is 31.3 Å². The predicted octanol–water partition coefficient (Wildman–Crippen LogP) is 0.627. The fourth-order valence-electron chi connectivity index (χ4n) is 1.80. The Labute approximate surface area is 108 Å². The third-order valence-electron chi connectivity index (χ3n) is 2.67. The van der Waals surface area contributed by atoms with Gasteiger partial charge >= 0.3 is 0 Å². The Morgan fingerprint density at radius 2 is 2.28 bits per heavy atom. The normalized spacial score (nSPS) is 19.9. The largest absolute Gasteiger partial charge is 0.308 e. The number of rotatable bonds is 2. The maximum absolute atomic E-state index is 11.8. The van der Waals surface area contributed by atoms with Crippen molar-refractivity contribution in [3.63, 3.8) is 0 Å². The van der Waals surface area contributed by atoms with Gasteiger partial charge in [0.25, 0.3) is 0 Å². The molecule has 0 aromatic carbocycles. The van der Waals surface area contributed by atoms with E-state index in [1.54, 1.807) is 12.1 Å². The summed E-state index contributed by atoms with van der Waals surface area (Å²) in [6.07, 6.45) is 1.25. The lowest BCUT2D eigenvalue weighted by Crippen LogP contribution is -2.27. The highest BCUT2D eigenvalue weighted by Gasteiger charge is 2.38. The molecule has 94 valence electrons. The molecule has 0 aliphatic carbocycles. The predicted molar refractivity (Wildman–Crippen MR) is 64.5 cm³/mol. The van der Waals surface area contributed by atoms with E-state index in [9.17, 15) is 13.2 Å². The van der Waals surface area contributed by atoms with E-state index >= 15 is 0 Å². The van der Waals surface area contributed by atoms with Crippen molar-refractivity contribution in [1.29, 1.82) is 5.26 Å². The van der Waals surface area contributed by atoms with Gasteiger partial charge in [-0.25, -0.2) is 13.4 Å². The molecule has 6 nitrogen and oxygen atoms in total. The van der Waals surface area contributed by atoms with E-state index in [1.807, 2.05) is 6.07 Å². The van der Waals surface area contributed by atoms with Crippen molar-refractivity contribution in [3.05, 3.63) is 24.0 Å². The standard InChI is InChI=1S/C10H8ClN3O3S/c11-18(16,17)7-4-10(15)14(6-7)9-2-1-3-13-8(9)5-12/h1-3,7H,4,6H2. The van der Waals surface area contributed by atoms with E-state index in [2.05, 4.69) is 4.98 Å². The second-order valence-electron chi connectivity index (χ2n) is 3.79. The summed E-state index contributed by atoms with van der Waals surface area (Å²) in [4.78, 5) is 16.8. The number of nitrogens with zero attached hydrogens (tertiary/aromatic N) is 3. The molecule has 1 atom stereocenters. The van der Waals surface area contributed by atoms with Gasteiger partial charge < -0.3 is 4.90 Å². The number of anilines is 1. The molecule has 1 aromatic heterocycles. The fraction of sp³-hybridized carbons (Fsp3) is 0.300. The van der Waals surface area contributed by atoms with Crippen LogP contribution < -0.4 is 4.90 Å². The summed E-state index contributed by atoms with van der Waals surface area (Å²) in [5.74, 6) is -0.381. The van der Waals surface area contributed by atoms with Crippen LogP contribution >= 0.6 is 10.7 Å². The lowest BCUT2D eigenvalue weighted by atomic mass is 10.3. The molecule has 1 aliphatic rings. The van der Waals surface area contributed by atoms with E-state index in [1.165, 1.54) is 11.1 Å². The van der Waals surface area contributed by atoms with Crippen LogP contribution in [0.25, 0.3) is 0 Å². The highest BCUT2D eigenvalue weighted by molar-refractivity contribution is 8.14. The number of hydrogen-bond acceptors (Lipinski definition) is 5. The van der Waals surface area contributed by atoms with Crippen LogP contribution in [0.3, 0.4) is 0 Å². The molecule has 0 N–H and O–H groups in total. The zero-order valence-electron chi connectivity index (χ0n) is 9.08. The minimum atomic E-state index is -3.79. The van der Waals surface area contributed by atoms with Gasteiger partial charge in [-0.2, -0.15) is 5.26 Å². The third-order valence-corrected chi connectivity index (χ3v) is 4.54. The summed E-state index contributed by atoms with van der Waals surface area (Å²) in [6, 6.07) is 4.98. The fourth-order valence-corrected chi connectivity index (χ4v) is 2.82. The second-order valence-corrected chi connectivity index (χ2v) is 6.70. The Hall–Kier alpha value is -1.65. The van der Waals surface area contributed by atoms with Gasteiger partial charge in [0.15, 0.2) is 5.69 Å². The first-order valence-corrected chi connectivity index (χ1v) is 7.39. The third kappa shape index (κ3) is 2.30. The van der Waals surface area contributed by atoms with Crippen molar-refractivity contribution in [1.82, 2.24) is 4.98 Å². The molecule has 0 bridgehead atoms. The summed E-state index contributed by atoms with van der Waals surface area (Å²) in [6.45, 7) is -0.0506. The lowest BCUT2D eigenvalue weighted by molar-refractivity contribution is -0.117. The first kappa shape index (κ1) is 12.8. The Balaban J connectivity index is 2.37. The van der Waals surface area contributed by atoms with Crippen LogP contribution in [0.15, 0.2) is 18.3 Å². The number of pyridine rings is 1. The molecule has 1 aliphatic heterocycles. The zero-order chi connectivity index (χ0) is 13.3. The monoisotopic (exact) mass is 285 g/mol. The summed E-state index contributed by atoms with van der Waals surface area (Å²) in [7, 11) is 1.45. The molecule has 1 unspecified atom stereocenters.